The van der Waals surface area contributed by atoms with Crippen molar-refractivity contribution in [1.82, 2.24) is 4.98 Å². The molecule has 2 atom stereocenters. The lowest BCUT2D eigenvalue weighted by molar-refractivity contribution is -0.136. The largest absolute Gasteiger partial charge is 0.417 e. The second kappa shape index (κ2) is 5.76. The van der Waals surface area contributed by atoms with Gasteiger partial charge in [0.15, 0.2) is 0 Å². The smallest absolute Gasteiger partial charge is 0.388 e. The van der Waals surface area contributed by atoms with E-state index >= 15 is 0 Å². The maximum absolute atomic E-state index is 13.3. The summed E-state index contributed by atoms with van der Waals surface area (Å²) in [6, 6.07) is 5.15. The quantitative estimate of drug-likeness (QED) is 0.865. The fourth-order valence-corrected chi connectivity index (χ4v) is 3.75. The zero-order chi connectivity index (χ0) is 18.6. The highest BCUT2D eigenvalue weighted by atomic mass is 19.4. The van der Waals surface area contributed by atoms with Crippen LogP contribution in [0.5, 0.6) is 0 Å². The van der Waals surface area contributed by atoms with E-state index in [0.29, 0.717) is 11.8 Å². The summed E-state index contributed by atoms with van der Waals surface area (Å²) in [5.41, 5.74) is -1.94. The van der Waals surface area contributed by atoms with Crippen molar-refractivity contribution in [3.63, 3.8) is 0 Å². The molecule has 0 aliphatic carbocycles. The molecule has 2 aromatic rings. The van der Waals surface area contributed by atoms with Gasteiger partial charge in [-0.2, -0.15) is 13.2 Å². The van der Waals surface area contributed by atoms with E-state index in [1.54, 1.807) is 19.9 Å². The molecule has 0 unspecified atom stereocenters. The molecule has 1 aromatic heterocycles. The SMILES string of the molecule is C[C@@H]1CC[C@H](C(C)(C)O)N1c1ccc2[nH]c(=O)cc(C(F)(F)F)c2c1. The Balaban J connectivity index is 2.18. The normalized spacial score (nSPS) is 22.0. The Kier molecular flexibility index (Phi) is 4.10. The van der Waals surface area contributed by atoms with E-state index in [0.717, 1.165) is 12.8 Å². The molecule has 1 fully saturated rings. The van der Waals surface area contributed by atoms with E-state index in [2.05, 4.69) is 4.98 Å². The third-order valence-electron chi connectivity index (χ3n) is 4.91. The molecule has 4 nitrogen and oxygen atoms in total. The van der Waals surface area contributed by atoms with E-state index in [4.69, 9.17) is 0 Å². The molecule has 2 N–H and O–H groups in total. The van der Waals surface area contributed by atoms with Gasteiger partial charge in [-0.05, 0) is 51.8 Å². The number of pyridine rings is 1. The highest BCUT2D eigenvalue weighted by Gasteiger charge is 2.40. The first-order chi connectivity index (χ1) is 11.5. The molecular formula is C18H21F3N2O2. The number of aromatic nitrogens is 1. The Morgan fingerprint density at radius 3 is 2.48 bits per heavy atom. The van der Waals surface area contributed by atoms with Gasteiger partial charge in [0.05, 0.1) is 17.2 Å². The number of rotatable bonds is 2. The average Bonchev–Trinajstić information content (AvgIpc) is 2.87. The molecule has 0 amide bonds. The number of benzene rings is 1. The number of halogens is 3. The number of H-pyrrole nitrogens is 1. The van der Waals surface area contributed by atoms with Gasteiger partial charge in [-0.3, -0.25) is 4.79 Å². The topological polar surface area (TPSA) is 56.3 Å². The summed E-state index contributed by atoms with van der Waals surface area (Å²) in [5.74, 6) is 0. The molecule has 25 heavy (non-hydrogen) atoms. The van der Waals surface area contributed by atoms with Crippen molar-refractivity contribution in [2.75, 3.05) is 4.90 Å². The van der Waals surface area contributed by atoms with Crippen LogP contribution in [0, 0.1) is 0 Å². The fourth-order valence-electron chi connectivity index (χ4n) is 3.75. The summed E-state index contributed by atoms with van der Waals surface area (Å²) in [6.07, 6.45) is -3.00. The zero-order valence-corrected chi connectivity index (χ0v) is 14.3. The van der Waals surface area contributed by atoms with Crippen molar-refractivity contribution in [3.05, 3.63) is 40.2 Å². The molecule has 136 valence electrons. The number of hydrogen-bond donors (Lipinski definition) is 2. The van der Waals surface area contributed by atoms with Crippen LogP contribution in [0.4, 0.5) is 18.9 Å². The number of aromatic amines is 1. The van der Waals surface area contributed by atoms with Crippen LogP contribution in [-0.4, -0.2) is 27.8 Å². The van der Waals surface area contributed by atoms with Gasteiger partial charge in [0.2, 0.25) is 5.56 Å². The zero-order valence-electron chi connectivity index (χ0n) is 14.3. The number of hydrogen-bond acceptors (Lipinski definition) is 3. The Labute approximate surface area is 143 Å². The Morgan fingerprint density at radius 1 is 1.20 bits per heavy atom. The number of nitrogens with zero attached hydrogens (tertiary/aromatic N) is 1. The van der Waals surface area contributed by atoms with Crippen LogP contribution in [0.15, 0.2) is 29.1 Å². The van der Waals surface area contributed by atoms with Gasteiger partial charge >= 0.3 is 6.18 Å². The molecule has 0 saturated carbocycles. The molecule has 0 radical (unpaired) electrons. The van der Waals surface area contributed by atoms with Crippen molar-refractivity contribution in [2.24, 2.45) is 0 Å². The van der Waals surface area contributed by atoms with Gasteiger partial charge in [-0.25, -0.2) is 0 Å². The molecule has 0 bridgehead atoms. The minimum absolute atomic E-state index is 0.0433. The molecule has 1 aliphatic heterocycles. The predicted molar refractivity (Wildman–Crippen MR) is 90.8 cm³/mol. The molecule has 1 aliphatic rings. The molecule has 3 rings (SSSR count). The van der Waals surface area contributed by atoms with Crippen LogP contribution in [-0.2, 0) is 6.18 Å². The number of anilines is 1. The maximum atomic E-state index is 13.3. The van der Waals surface area contributed by atoms with Gasteiger partial charge in [0.1, 0.15) is 0 Å². The van der Waals surface area contributed by atoms with Gasteiger partial charge in [-0.1, -0.05) is 0 Å². The van der Waals surface area contributed by atoms with Crippen LogP contribution < -0.4 is 10.5 Å². The lowest BCUT2D eigenvalue weighted by Crippen LogP contribution is -2.47. The number of aliphatic hydroxyl groups is 1. The molecule has 0 spiro atoms. The fraction of sp³-hybridized carbons (Fsp3) is 0.500. The molecule has 2 heterocycles. The van der Waals surface area contributed by atoms with Crippen molar-refractivity contribution in [3.8, 4) is 0 Å². The van der Waals surface area contributed by atoms with Crippen molar-refractivity contribution >= 4 is 16.6 Å². The molecule has 1 aromatic carbocycles. The van der Waals surface area contributed by atoms with Crippen molar-refractivity contribution in [1.29, 1.82) is 0 Å². The minimum Gasteiger partial charge on any atom is -0.388 e. The van der Waals surface area contributed by atoms with E-state index in [-0.39, 0.29) is 23.0 Å². The predicted octanol–water partition coefficient (Wildman–Crippen LogP) is 3.68. The Bertz CT molecular complexity index is 852. The second-order valence-corrected chi connectivity index (χ2v) is 7.28. The summed E-state index contributed by atoms with van der Waals surface area (Å²) >= 11 is 0. The van der Waals surface area contributed by atoms with Crippen LogP contribution in [0.1, 0.15) is 39.2 Å². The highest BCUT2D eigenvalue weighted by molar-refractivity contribution is 5.86. The Morgan fingerprint density at radius 2 is 1.88 bits per heavy atom. The number of nitrogens with one attached hydrogen (secondary N) is 1. The standard InChI is InChI=1S/C18H21F3N2O2/c1-10-4-7-15(17(2,3)25)23(10)11-5-6-14-12(8-11)13(18(19,20)21)9-16(24)22-14/h5-6,8-10,15,25H,4,7H2,1-3H3,(H,22,24)/t10-,15-/m1/s1. The number of alkyl halides is 3. The summed E-state index contributed by atoms with van der Waals surface area (Å²) < 4.78 is 40.0. The third kappa shape index (κ3) is 3.25. The third-order valence-corrected chi connectivity index (χ3v) is 4.91. The first-order valence-electron chi connectivity index (χ1n) is 8.23. The van der Waals surface area contributed by atoms with Crippen LogP contribution in [0.25, 0.3) is 10.9 Å². The van der Waals surface area contributed by atoms with Gasteiger partial charge in [0, 0.05) is 28.7 Å². The first-order valence-corrected chi connectivity index (χ1v) is 8.23. The first kappa shape index (κ1) is 17.8. The van der Waals surface area contributed by atoms with Crippen molar-refractivity contribution in [2.45, 2.75) is 57.5 Å². The highest BCUT2D eigenvalue weighted by Crippen LogP contribution is 2.39. The summed E-state index contributed by atoms with van der Waals surface area (Å²) in [5, 5.41) is 10.4. The number of fused-ring (bicyclic) bond motifs is 1. The van der Waals surface area contributed by atoms with Gasteiger partial charge in [-0.15, -0.1) is 0 Å². The second-order valence-electron chi connectivity index (χ2n) is 7.28. The van der Waals surface area contributed by atoms with Crippen LogP contribution in [0.3, 0.4) is 0 Å². The van der Waals surface area contributed by atoms with E-state index in [1.165, 1.54) is 12.1 Å². The average molecular weight is 354 g/mol. The lowest BCUT2D eigenvalue weighted by atomic mass is 9.96. The van der Waals surface area contributed by atoms with Crippen LogP contribution >= 0.6 is 0 Å². The molecule has 7 heteroatoms. The maximum Gasteiger partial charge on any atom is 0.417 e. The van der Waals surface area contributed by atoms with Crippen LogP contribution in [0.2, 0.25) is 0 Å². The summed E-state index contributed by atoms with van der Waals surface area (Å²) in [4.78, 5) is 16.0. The van der Waals surface area contributed by atoms with Gasteiger partial charge in [0.25, 0.3) is 0 Å². The summed E-state index contributed by atoms with van der Waals surface area (Å²) in [6.45, 7) is 5.41. The minimum atomic E-state index is -4.61. The van der Waals surface area contributed by atoms with Gasteiger partial charge < -0.3 is 15.0 Å². The van der Waals surface area contributed by atoms with Crippen molar-refractivity contribution < 1.29 is 18.3 Å². The Hall–Kier alpha value is -2.02. The van der Waals surface area contributed by atoms with E-state index < -0.39 is 22.9 Å². The van der Waals surface area contributed by atoms with E-state index in [1.807, 2.05) is 11.8 Å². The van der Waals surface area contributed by atoms with E-state index in [9.17, 15) is 23.1 Å². The molecule has 1 saturated heterocycles. The monoisotopic (exact) mass is 354 g/mol. The lowest BCUT2D eigenvalue weighted by Gasteiger charge is -2.38. The summed E-state index contributed by atoms with van der Waals surface area (Å²) in [7, 11) is 0. The molecular weight excluding hydrogens is 333 g/mol.